The molecule has 9 heteroatoms. The molecule has 0 aliphatic carbocycles. The summed E-state index contributed by atoms with van der Waals surface area (Å²) < 4.78 is 16.0. The second-order valence-corrected chi connectivity index (χ2v) is 5.87. The highest BCUT2D eigenvalue weighted by atomic mass is 16.5. The Balaban J connectivity index is 1.83. The zero-order chi connectivity index (χ0) is 20.1. The van der Waals surface area contributed by atoms with Crippen LogP contribution in [0.15, 0.2) is 36.7 Å². The van der Waals surface area contributed by atoms with E-state index in [1.54, 1.807) is 33.5 Å². The lowest BCUT2D eigenvalue weighted by Gasteiger charge is -2.14. The van der Waals surface area contributed by atoms with Crippen molar-refractivity contribution < 1.29 is 14.2 Å². The lowest BCUT2D eigenvalue weighted by atomic mass is 10.2. The second kappa shape index (κ2) is 8.30. The smallest absolute Gasteiger partial charge is 0.232 e. The fraction of sp³-hybridized carbons (Fsp3) is 0.211. The maximum atomic E-state index is 5.95. The molecule has 0 amide bonds. The van der Waals surface area contributed by atoms with Crippen LogP contribution < -0.4 is 30.6 Å². The molecule has 9 nitrogen and oxygen atoms in total. The predicted molar refractivity (Wildman–Crippen MR) is 108 cm³/mol. The van der Waals surface area contributed by atoms with Crippen LogP contribution in [0.3, 0.4) is 0 Å². The Labute approximate surface area is 162 Å². The van der Waals surface area contributed by atoms with Crippen molar-refractivity contribution in [3.8, 4) is 17.2 Å². The maximum absolute atomic E-state index is 5.95. The number of nitrogens with zero attached hydrogens (tertiary/aromatic N) is 3. The van der Waals surface area contributed by atoms with E-state index in [2.05, 4.69) is 25.6 Å². The number of rotatable bonds is 7. The van der Waals surface area contributed by atoms with Crippen molar-refractivity contribution in [3.05, 3.63) is 42.2 Å². The van der Waals surface area contributed by atoms with E-state index in [1.807, 2.05) is 25.1 Å². The molecular formula is C19H22N6O3. The number of aryl methyl sites for hydroxylation is 1. The van der Waals surface area contributed by atoms with Gasteiger partial charge in [-0.3, -0.25) is 0 Å². The minimum Gasteiger partial charge on any atom is -0.493 e. The predicted octanol–water partition coefficient (Wildman–Crippen LogP) is 3.28. The summed E-state index contributed by atoms with van der Waals surface area (Å²) in [5, 5.41) is 6.22. The monoisotopic (exact) mass is 382 g/mol. The first-order valence-corrected chi connectivity index (χ1v) is 8.43. The largest absolute Gasteiger partial charge is 0.493 e. The van der Waals surface area contributed by atoms with Gasteiger partial charge in [-0.2, -0.15) is 4.98 Å². The summed E-state index contributed by atoms with van der Waals surface area (Å²) in [5.41, 5.74) is 9.10. The Morgan fingerprint density at radius 2 is 1.43 bits per heavy atom. The molecule has 3 aromatic rings. The van der Waals surface area contributed by atoms with Crippen LogP contribution in [-0.4, -0.2) is 36.3 Å². The van der Waals surface area contributed by atoms with Gasteiger partial charge in [-0.1, -0.05) is 6.07 Å². The summed E-state index contributed by atoms with van der Waals surface area (Å²) in [7, 11) is 4.66. The average Bonchev–Trinajstić information content (AvgIpc) is 2.70. The van der Waals surface area contributed by atoms with E-state index in [0.717, 1.165) is 11.3 Å². The number of methoxy groups -OCH3 is 3. The molecule has 2 aromatic carbocycles. The fourth-order valence-corrected chi connectivity index (χ4v) is 2.55. The third-order valence-corrected chi connectivity index (χ3v) is 4.03. The van der Waals surface area contributed by atoms with Crippen molar-refractivity contribution >= 4 is 29.0 Å². The molecule has 0 spiro atoms. The van der Waals surface area contributed by atoms with Gasteiger partial charge < -0.3 is 30.6 Å². The standard InChI is InChI=1S/C19H22N6O3/c1-11-5-6-12(7-14(11)20)23-18-21-10-22-19(25-18)24-13-8-15(26-2)17(28-4)16(9-13)27-3/h5-10H,20H2,1-4H3,(H2,21,22,23,24,25). The molecule has 0 aliphatic heterocycles. The zero-order valence-electron chi connectivity index (χ0n) is 16.1. The molecular weight excluding hydrogens is 360 g/mol. The molecule has 0 bridgehead atoms. The van der Waals surface area contributed by atoms with Crippen molar-refractivity contribution in [1.29, 1.82) is 0 Å². The van der Waals surface area contributed by atoms with Crippen LogP contribution in [0, 0.1) is 6.92 Å². The molecule has 4 N–H and O–H groups in total. The van der Waals surface area contributed by atoms with Crippen LogP contribution in [0.5, 0.6) is 17.2 Å². The van der Waals surface area contributed by atoms with Crippen LogP contribution in [-0.2, 0) is 0 Å². The van der Waals surface area contributed by atoms with Gasteiger partial charge in [0.25, 0.3) is 0 Å². The van der Waals surface area contributed by atoms with Gasteiger partial charge in [-0.25, -0.2) is 9.97 Å². The van der Waals surface area contributed by atoms with Gasteiger partial charge in [-0.05, 0) is 24.6 Å². The highest BCUT2D eigenvalue weighted by molar-refractivity contribution is 5.66. The number of nitrogens with two attached hydrogens (primary N) is 1. The second-order valence-electron chi connectivity index (χ2n) is 5.87. The van der Waals surface area contributed by atoms with Crippen molar-refractivity contribution in [2.75, 3.05) is 37.7 Å². The van der Waals surface area contributed by atoms with Gasteiger partial charge in [0.15, 0.2) is 11.5 Å². The van der Waals surface area contributed by atoms with Crippen LogP contribution in [0.25, 0.3) is 0 Å². The topological polar surface area (TPSA) is 116 Å². The molecule has 0 unspecified atom stereocenters. The highest BCUT2D eigenvalue weighted by Crippen LogP contribution is 2.40. The van der Waals surface area contributed by atoms with Gasteiger partial charge in [-0.15, -0.1) is 0 Å². The molecule has 146 valence electrons. The van der Waals surface area contributed by atoms with E-state index < -0.39 is 0 Å². The summed E-state index contributed by atoms with van der Waals surface area (Å²) in [6.07, 6.45) is 1.41. The van der Waals surface area contributed by atoms with Crippen molar-refractivity contribution in [1.82, 2.24) is 15.0 Å². The van der Waals surface area contributed by atoms with Gasteiger partial charge in [0.05, 0.1) is 21.3 Å². The Hall–Kier alpha value is -3.75. The Morgan fingerprint density at radius 3 is 1.96 bits per heavy atom. The van der Waals surface area contributed by atoms with Crippen molar-refractivity contribution in [2.45, 2.75) is 6.92 Å². The number of anilines is 5. The van der Waals surface area contributed by atoms with E-state index >= 15 is 0 Å². The number of benzene rings is 2. The number of hydrogen-bond donors (Lipinski definition) is 3. The Morgan fingerprint density at radius 1 is 0.821 bits per heavy atom. The molecule has 0 aliphatic rings. The first-order valence-electron chi connectivity index (χ1n) is 8.43. The lowest BCUT2D eigenvalue weighted by Crippen LogP contribution is -2.04. The maximum Gasteiger partial charge on any atom is 0.232 e. The fourth-order valence-electron chi connectivity index (χ4n) is 2.55. The Kier molecular flexibility index (Phi) is 5.64. The molecule has 0 saturated heterocycles. The van der Waals surface area contributed by atoms with E-state index in [4.69, 9.17) is 19.9 Å². The average molecular weight is 382 g/mol. The minimum absolute atomic E-state index is 0.354. The van der Waals surface area contributed by atoms with E-state index in [1.165, 1.54) is 6.33 Å². The number of nitrogens with one attached hydrogen (secondary N) is 2. The number of hydrogen-bond acceptors (Lipinski definition) is 9. The zero-order valence-corrected chi connectivity index (χ0v) is 16.1. The summed E-state index contributed by atoms with van der Waals surface area (Å²) >= 11 is 0. The van der Waals surface area contributed by atoms with Gasteiger partial charge >= 0.3 is 0 Å². The summed E-state index contributed by atoms with van der Waals surface area (Å²) in [5.74, 6) is 2.28. The number of nitrogen functional groups attached to an aromatic ring is 1. The van der Waals surface area contributed by atoms with Gasteiger partial charge in [0.1, 0.15) is 6.33 Å². The van der Waals surface area contributed by atoms with Crippen molar-refractivity contribution in [3.63, 3.8) is 0 Å². The van der Waals surface area contributed by atoms with Gasteiger partial charge in [0.2, 0.25) is 17.6 Å². The van der Waals surface area contributed by atoms with E-state index in [-0.39, 0.29) is 0 Å². The SMILES string of the molecule is COc1cc(Nc2ncnc(Nc3ccc(C)c(N)c3)n2)cc(OC)c1OC. The van der Waals surface area contributed by atoms with Gasteiger partial charge in [0, 0.05) is 29.2 Å². The summed E-state index contributed by atoms with van der Waals surface area (Å²) in [4.78, 5) is 12.7. The van der Waals surface area contributed by atoms with E-state index in [0.29, 0.717) is 40.5 Å². The third-order valence-electron chi connectivity index (χ3n) is 4.03. The van der Waals surface area contributed by atoms with Crippen LogP contribution >= 0.6 is 0 Å². The quantitative estimate of drug-likeness (QED) is 0.529. The number of ether oxygens (including phenoxy) is 3. The molecule has 0 fully saturated rings. The first kappa shape index (κ1) is 19.0. The molecule has 1 heterocycles. The first-order chi connectivity index (χ1) is 13.5. The summed E-state index contributed by atoms with van der Waals surface area (Å²) in [6, 6.07) is 9.18. The van der Waals surface area contributed by atoms with Crippen molar-refractivity contribution in [2.24, 2.45) is 0 Å². The molecule has 0 radical (unpaired) electrons. The van der Waals surface area contributed by atoms with Crippen LogP contribution in [0.4, 0.5) is 29.0 Å². The molecule has 0 atom stereocenters. The molecule has 1 aromatic heterocycles. The molecule has 28 heavy (non-hydrogen) atoms. The van der Waals surface area contributed by atoms with E-state index in [9.17, 15) is 0 Å². The number of aromatic nitrogens is 3. The molecule has 3 rings (SSSR count). The Bertz CT molecular complexity index is 955. The third kappa shape index (κ3) is 4.14. The van der Waals surface area contributed by atoms with Crippen LogP contribution in [0.1, 0.15) is 5.56 Å². The minimum atomic E-state index is 0.354. The van der Waals surface area contributed by atoms with Crippen LogP contribution in [0.2, 0.25) is 0 Å². The lowest BCUT2D eigenvalue weighted by molar-refractivity contribution is 0.324. The normalized spacial score (nSPS) is 10.3. The highest BCUT2D eigenvalue weighted by Gasteiger charge is 2.14. The summed E-state index contributed by atoms with van der Waals surface area (Å²) in [6.45, 7) is 1.95. The molecule has 0 saturated carbocycles.